The fourth-order valence-corrected chi connectivity index (χ4v) is 13.3. The summed E-state index contributed by atoms with van der Waals surface area (Å²) >= 11 is 0. The van der Waals surface area contributed by atoms with Crippen molar-refractivity contribution in [3.63, 3.8) is 0 Å². The number of methoxy groups -OCH3 is 2. The van der Waals surface area contributed by atoms with E-state index >= 15 is 0 Å². The number of benzene rings is 4. The van der Waals surface area contributed by atoms with E-state index in [1.807, 2.05) is 67.6 Å². The zero-order valence-electron chi connectivity index (χ0n) is 30.8. The number of nitrogens with zero attached hydrogens (tertiary/aromatic N) is 1. The molecule has 0 spiro atoms. The Kier molecular flexibility index (Phi) is 15.1. The van der Waals surface area contributed by atoms with Crippen LogP contribution in [0.5, 0.6) is 11.5 Å². The van der Waals surface area contributed by atoms with Crippen molar-refractivity contribution in [1.82, 2.24) is 4.31 Å². The molecule has 7 nitrogen and oxygen atoms in total. The number of aliphatic hydroxyl groups excluding tert-OH is 1. The predicted octanol–water partition coefficient (Wildman–Crippen LogP) is 7.19. The molecule has 0 radical (unpaired) electrons. The average molecular weight is 730 g/mol. The molecule has 3 atom stereocenters. The van der Waals surface area contributed by atoms with Gasteiger partial charge in [0.05, 0.1) is 25.6 Å². The zero-order chi connectivity index (χ0) is 36.9. The summed E-state index contributed by atoms with van der Waals surface area (Å²) in [4.78, 5) is 0. The van der Waals surface area contributed by atoms with E-state index in [9.17, 15) is 13.5 Å². The molecule has 274 valence electrons. The van der Waals surface area contributed by atoms with E-state index in [1.165, 1.54) is 14.7 Å². The van der Waals surface area contributed by atoms with Crippen LogP contribution in [0.4, 0.5) is 0 Å². The molecule has 0 aromatic heterocycles. The molecule has 0 amide bonds. The molecule has 0 fully saturated rings. The zero-order valence-corrected chi connectivity index (χ0v) is 32.6. The topological polar surface area (TPSA) is 85.3 Å². The SMILES string of the molecule is C=CC[C@@H](C)[C@H](C[C@@H](O)CCO[Si](CC(C)C)(c1ccccc1)c1ccccc1)S(=O)(=O)N(Cc1ccc(OC)cc1)Cc1ccc(OC)cc1. The molecule has 0 saturated carbocycles. The molecule has 9 heteroatoms. The number of allylic oxidation sites excluding steroid dienone is 1. The summed E-state index contributed by atoms with van der Waals surface area (Å²) in [5.41, 5.74) is 1.68. The highest BCUT2D eigenvalue weighted by Gasteiger charge is 2.41. The van der Waals surface area contributed by atoms with Crippen molar-refractivity contribution in [3.05, 3.63) is 133 Å². The van der Waals surface area contributed by atoms with E-state index in [2.05, 4.69) is 69.0 Å². The second-order valence-electron chi connectivity index (χ2n) is 13.7. The van der Waals surface area contributed by atoms with Gasteiger partial charge in [0.15, 0.2) is 0 Å². The van der Waals surface area contributed by atoms with Gasteiger partial charge in [-0.1, -0.05) is 112 Å². The Morgan fingerprint density at radius 1 is 0.765 bits per heavy atom. The highest BCUT2D eigenvalue weighted by atomic mass is 32.2. The summed E-state index contributed by atoms with van der Waals surface area (Å²) in [6.45, 7) is 10.9. The molecule has 0 saturated heterocycles. The Morgan fingerprint density at radius 3 is 1.65 bits per heavy atom. The first-order valence-corrected chi connectivity index (χ1v) is 21.4. The van der Waals surface area contributed by atoms with Gasteiger partial charge in [0, 0.05) is 19.7 Å². The average Bonchev–Trinajstić information content (AvgIpc) is 3.14. The van der Waals surface area contributed by atoms with Gasteiger partial charge in [-0.05, 0) is 82.9 Å². The molecule has 4 rings (SSSR count). The van der Waals surface area contributed by atoms with Crippen LogP contribution in [0.15, 0.2) is 122 Å². The van der Waals surface area contributed by atoms with Crippen molar-refractivity contribution in [3.8, 4) is 11.5 Å². The van der Waals surface area contributed by atoms with Gasteiger partial charge in [-0.25, -0.2) is 8.42 Å². The molecule has 4 aromatic rings. The van der Waals surface area contributed by atoms with Gasteiger partial charge in [-0.15, -0.1) is 6.58 Å². The Bertz CT molecular complexity index is 1630. The Morgan fingerprint density at radius 2 is 1.24 bits per heavy atom. The Balaban J connectivity index is 1.60. The standard InChI is InChI=1S/C42H55NO6SSi/c1-7-14-34(4)42(50(45,46)43(30-35-19-23-38(47-5)24-20-35)31-36-21-25-39(48-6)26-22-36)29-37(44)27-28-49-51(32-33(2)3,40-15-10-8-11-16-40)41-17-12-9-13-18-41/h7-13,15-26,33-34,37,42,44H,1,14,27-32H2,2-6H3/t34-,37+,42+/m1/s1. The normalized spacial score (nSPS) is 13.9. The third kappa shape index (κ3) is 10.9. The fraction of sp³-hybridized carbons (Fsp3) is 0.381. The Hall–Kier alpha value is -3.73. The maximum Gasteiger partial charge on any atom is 0.255 e. The van der Waals surface area contributed by atoms with Gasteiger partial charge >= 0.3 is 0 Å². The van der Waals surface area contributed by atoms with Crippen molar-refractivity contribution < 1.29 is 27.4 Å². The lowest BCUT2D eigenvalue weighted by atomic mass is 9.98. The van der Waals surface area contributed by atoms with Crippen LogP contribution in [0.2, 0.25) is 6.04 Å². The van der Waals surface area contributed by atoms with Crippen LogP contribution >= 0.6 is 0 Å². The largest absolute Gasteiger partial charge is 0.497 e. The summed E-state index contributed by atoms with van der Waals surface area (Å²) in [7, 11) is -3.40. The minimum absolute atomic E-state index is 0.0812. The van der Waals surface area contributed by atoms with Crippen molar-refractivity contribution >= 4 is 28.7 Å². The van der Waals surface area contributed by atoms with Gasteiger partial charge in [-0.2, -0.15) is 4.31 Å². The molecular weight excluding hydrogens is 675 g/mol. The van der Waals surface area contributed by atoms with Crippen LogP contribution in [0.3, 0.4) is 0 Å². The maximum atomic E-state index is 14.8. The van der Waals surface area contributed by atoms with Crippen molar-refractivity contribution in [2.45, 2.75) is 70.5 Å². The third-order valence-corrected chi connectivity index (χ3v) is 16.5. The number of hydrogen-bond donors (Lipinski definition) is 1. The number of hydrogen-bond acceptors (Lipinski definition) is 6. The van der Waals surface area contributed by atoms with E-state index in [0.717, 1.165) is 17.2 Å². The van der Waals surface area contributed by atoms with Gasteiger partial charge in [-0.3, -0.25) is 0 Å². The first-order chi connectivity index (χ1) is 24.5. The number of rotatable bonds is 21. The highest BCUT2D eigenvalue weighted by molar-refractivity contribution is 7.89. The molecule has 0 aliphatic rings. The number of ether oxygens (including phenoxy) is 2. The van der Waals surface area contributed by atoms with Crippen LogP contribution in [-0.2, 0) is 27.5 Å². The third-order valence-electron chi connectivity index (χ3n) is 9.43. The van der Waals surface area contributed by atoms with E-state index in [0.29, 0.717) is 36.9 Å². The van der Waals surface area contributed by atoms with Crippen molar-refractivity contribution in [2.24, 2.45) is 11.8 Å². The lowest BCUT2D eigenvalue weighted by molar-refractivity contribution is 0.123. The molecule has 51 heavy (non-hydrogen) atoms. The van der Waals surface area contributed by atoms with E-state index in [4.69, 9.17) is 13.9 Å². The molecule has 0 aliphatic carbocycles. The number of aliphatic hydroxyl groups is 1. The van der Waals surface area contributed by atoms with Crippen LogP contribution < -0.4 is 19.8 Å². The second-order valence-corrected chi connectivity index (χ2v) is 19.4. The van der Waals surface area contributed by atoms with Gasteiger partial charge in [0.2, 0.25) is 10.0 Å². The minimum Gasteiger partial charge on any atom is -0.497 e. The molecule has 0 heterocycles. The molecular formula is C42H55NO6SSi. The fourth-order valence-electron chi connectivity index (χ4n) is 6.73. The maximum absolute atomic E-state index is 14.8. The molecule has 4 aromatic carbocycles. The second kappa shape index (κ2) is 19.2. The molecule has 0 aliphatic heterocycles. The minimum atomic E-state index is -3.93. The monoisotopic (exact) mass is 729 g/mol. The lowest BCUT2D eigenvalue weighted by Gasteiger charge is -2.35. The summed E-state index contributed by atoms with van der Waals surface area (Å²) in [5, 5.41) is 13.1. The van der Waals surface area contributed by atoms with Crippen LogP contribution in [0.1, 0.15) is 51.2 Å². The van der Waals surface area contributed by atoms with Crippen LogP contribution in [-0.4, -0.2) is 58.3 Å². The predicted molar refractivity (Wildman–Crippen MR) is 211 cm³/mol. The first kappa shape index (κ1) is 40.0. The van der Waals surface area contributed by atoms with E-state index in [-0.39, 0.29) is 25.4 Å². The van der Waals surface area contributed by atoms with Crippen molar-refractivity contribution in [2.75, 3.05) is 20.8 Å². The summed E-state index contributed by atoms with van der Waals surface area (Å²) < 4.78 is 48.7. The summed E-state index contributed by atoms with van der Waals surface area (Å²) in [6.07, 6.45) is 1.76. The molecule has 0 bridgehead atoms. The lowest BCUT2D eigenvalue weighted by Crippen LogP contribution is -2.61. The summed E-state index contributed by atoms with van der Waals surface area (Å²) in [6, 6.07) is 36.6. The smallest absolute Gasteiger partial charge is 0.255 e. The van der Waals surface area contributed by atoms with Gasteiger partial charge in [0.25, 0.3) is 8.32 Å². The van der Waals surface area contributed by atoms with Crippen LogP contribution in [0, 0.1) is 11.8 Å². The molecule has 1 N–H and O–H groups in total. The Labute approximate surface area is 307 Å². The van der Waals surface area contributed by atoms with Gasteiger partial charge < -0.3 is 19.0 Å². The summed E-state index contributed by atoms with van der Waals surface area (Å²) in [5.74, 6) is 1.51. The van der Waals surface area contributed by atoms with Crippen LogP contribution in [0.25, 0.3) is 0 Å². The van der Waals surface area contributed by atoms with E-state index in [1.54, 1.807) is 20.3 Å². The first-order valence-electron chi connectivity index (χ1n) is 17.8. The number of sulfonamides is 1. The molecule has 0 unspecified atom stereocenters. The van der Waals surface area contributed by atoms with Crippen molar-refractivity contribution in [1.29, 1.82) is 0 Å². The van der Waals surface area contributed by atoms with Gasteiger partial charge in [0.1, 0.15) is 11.5 Å². The van der Waals surface area contributed by atoms with E-state index < -0.39 is 29.7 Å². The quantitative estimate of drug-likeness (QED) is 0.0723. The highest BCUT2D eigenvalue weighted by Crippen LogP contribution is 2.29.